The fourth-order valence-electron chi connectivity index (χ4n) is 2.97. The number of nitrogens with one attached hydrogen (secondary N) is 1. The van der Waals surface area contributed by atoms with Crippen molar-refractivity contribution in [1.29, 1.82) is 5.26 Å². The first-order valence-corrected chi connectivity index (χ1v) is 8.30. The first-order valence-electron chi connectivity index (χ1n) is 8.30. The summed E-state index contributed by atoms with van der Waals surface area (Å²) in [6, 6.07) is 8.91. The van der Waals surface area contributed by atoms with Gasteiger partial charge < -0.3 is 10.1 Å². The number of hydrogen-bond donors (Lipinski definition) is 1. The standard InChI is InChI=1S/C18H18N4O4/c1-2-21-10-12(9-19)17(24)22(18(21)25)11-16(23)20-14-7-8-26-15-6-4-3-5-13(14)15/h3-6,10,14H,2,7-8,11H2,1H3,(H,20,23). The smallest absolute Gasteiger partial charge is 0.331 e. The lowest BCUT2D eigenvalue weighted by Gasteiger charge is -2.26. The van der Waals surface area contributed by atoms with Crippen LogP contribution in [0.15, 0.2) is 40.1 Å². The number of hydrogen-bond acceptors (Lipinski definition) is 5. The summed E-state index contributed by atoms with van der Waals surface area (Å²) in [4.78, 5) is 37.0. The van der Waals surface area contributed by atoms with Crippen LogP contribution < -0.4 is 21.3 Å². The molecule has 0 spiro atoms. The summed E-state index contributed by atoms with van der Waals surface area (Å²) in [7, 11) is 0. The highest BCUT2D eigenvalue weighted by Gasteiger charge is 2.23. The highest BCUT2D eigenvalue weighted by molar-refractivity contribution is 5.76. The molecular formula is C18H18N4O4. The van der Waals surface area contributed by atoms with E-state index in [-0.39, 0.29) is 11.6 Å². The average Bonchev–Trinajstić information content (AvgIpc) is 2.66. The van der Waals surface area contributed by atoms with E-state index in [1.807, 2.05) is 24.3 Å². The fraction of sp³-hybridized carbons (Fsp3) is 0.333. The Bertz CT molecular complexity index is 999. The molecule has 1 amide bonds. The third-order valence-electron chi connectivity index (χ3n) is 4.29. The molecule has 0 radical (unpaired) electrons. The third kappa shape index (κ3) is 3.24. The number of benzene rings is 1. The summed E-state index contributed by atoms with van der Waals surface area (Å²) in [5.41, 5.74) is -0.685. The van der Waals surface area contributed by atoms with E-state index < -0.39 is 23.7 Å². The molecule has 0 saturated heterocycles. The topological polar surface area (TPSA) is 106 Å². The minimum Gasteiger partial charge on any atom is -0.493 e. The lowest BCUT2D eigenvalue weighted by atomic mass is 10.0. The summed E-state index contributed by atoms with van der Waals surface area (Å²) >= 11 is 0. The number of carbonyl (C=O) groups is 1. The van der Waals surface area contributed by atoms with Gasteiger partial charge in [-0.3, -0.25) is 14.2 Å². The van der Waals surface area contributed by atoms with Gasteiger partial charge in [0.1, 0.15) is 23.9 Å². The maximum atomic E-state index is 12.5. The van der Waals surface area contributed by atoms with Gasteiger partial charge in [-0.1, -0.05) is 18.2 Å². The molecule has 134 valence electrons. The van der Waals surface area contributed by atoms with Gasteiger partial charge in [0.2, 0.25) is 5.91 Å². The van der Waals surface area contributed by atoms with Crippen molar-refractivity contribution in [1.82, 2.24) is 14.5 Å². The largest absolute Gasteiger partial charge is 0.493 e. The predicted molar refractivity (Wildman–Crippen MR) is 92.8 cm³/mol. The first kappa shape index (κ1) is 17.5. The van der Waals surface area contributed by atoms with Crippen molar-refractivity contribution < 1.29 is 9.53 Å². The molecular weight excluding hydrogens is 336 g/mol. The van der Waals surface area contributed by atoms with Crippen LogP contribution in [0, 0.1) is 11.3 Å². The zero-order chi connectivity index (χ0) is 18.7. The van der Waals surface area contributed by atoms with Gasteiger partial charge in [0.25, 0.3) is 5.56 Å². The van der Waals surface area contributed by atoms with Crippen LogP contribution in [0.4, 0.5) is 0 Å². The second-order valence-electron chi connectivity index (χ2n) is 5.91. The number of nitrogens with zero attached hydrogens (tertiary/aromatic N) is 3. The van der Waals surface area contributed by atoms with Crippen molar-refractivity contribution in [3.05, 3.63) is 62.4 Å². The molecule has 0 bridgehead atoms. The zero-order valence-corrected chi connectivity index (χ0v) is 14.3. The second-order valence-corrected chi connectivity index (χ2v) is 5.91. The van der Waals surface area contributed by atoms with Crippen molar-refractivity contribution in [3.63, 3.8) is 0 Å². The summed E-state index contributed by atoms with van der Waals surface area (Å²) in [6.45, 7) is 2.04. The number of rotatable bonds is 4. The molecule has 8 nitrogen and oxygen atoms in total. The predicted octanol–water partition coefficient (Wildman–Crippen LogP) is 0.542. The highest BCUT2D eigenvalue weighted by Crippen LogP contribution is 2.31. The molecule has 1 aliphatic heterocycles. The number of nitriles is 1. The van der Waals surface area contributed by atoms with Crippen LogP contribution in [0.25, 0.3) is 0 Å². The number of carbonyl (C=O) groups excluding carboxylic acids is 1. The van der Waals surface area contributed by atoms with Crippen molar-refractivity contribution in [3.8, 4) is 11.8 Å². The molecule has 1 atom stereocenters. The van der Waals surface area contributed by atoms with E-state index in [0.717, 1.165) is 10.1 Å². The molecule has 3 rings (SSSR count). The second kappa shape index (κ2) is 7.27. The minimum absolute atomic E-state index is 0.171. The molecule has 1 aromatic carbocycles. The minimum atomic E-state index is -0.760. The van der Waals surface area contributed by atoms with E-state index in [1.54, 1.807) is 13.0 Å². The lowest BCUT2D eigenvalue weighted by molar-refractivity contribution is -0.122. The normalized spacial score (nSPS) is 15.5. The Morgan fingerprint density at radius 3 is 2.88 bits per heavy atom. The van der Waals surface area contributed by atoms with E-state index in [9.17, 15) is 14.4 Å². The van der Waals surface area contributed by atoms with Gasteiger partial charge in [-0.05, 0) is 13.0 Å². The number of aryl methyl sites for hydroxylation is 1. The van der Waals surface area contributed by atoms with Gasteiger partial charge in [0.15, 0.2) is 0 Å². The summed E-state index contributed by atoms with van der Waals surface area (Å²) in [5, 5.41) is 11.9. The Hall–Kier alpha value is -3.34. The Morgan fingerprint density at radius 2 is 2.15 bits per heavy atom. The van der Waals surface area contributed by atoms with Gasteiger partial charge in [-0.15, -0.1) is 0 Å². The third-order valence-corrected chi connectivity index (χ3v) is 4.29. The quantitative estimate of drug-likeness (QED) is 0.863. The molecule has 0 saturated carbocycles. The summed E-state index contributed by atoms with van der Waals surface area (Å²) in [5.74, 6) is 0.240. The molecule has 1 N–H and O–H groups in total. The highest BCUT2D eigenvalue weighted by atomic mass is 16.5. The average molecular weight is 354 g/mol. The Balaban J connectivity index is 1.85. The number of ether oxygens (including phenoxy) is 1. The van der Waals surface area contributed by atoms with E-state index in [0.29, 0.717) is 25.3 Å². The van der Waals surface area contributed by atoms with Gasteiger partial charge in [0, 0.05) is 24.7 Å². The molecule has 2 heterocycles. The maximum absolute atomic E-state index is 12.5. The van der Waals surface area contributed by atoms with Crippen molar-refractivity contribution in [2.75, 3.05) is 6.61 Å². The van der Waals surface area contributed by atoms with Crippen LogP contribution in [0.2, 0.25) is 0 Å². The summed E-state index contributed by atoms with van der Waals surface area (Å²) < 4.78 is 7.58. The van der Waals surface area contributed by atoms with Crippen LogP contribution in [-0.2, 0) is 17.9 Å². The van der Waals surface area contributed by atoms with Gasteiger partial charge in [-0.2, -0.15) is 5.26 Å². The van der Waals surface area contributed by atoms with Crippen molar-refractivity contribution in [2.45, 2.75) is 32.5 Å². The van der Waals surface area contributed by atoms with E-state index >= 15 is 0 Å². The Labute approximate surface area is 149 Å². The van der Waals surface area contributed by atoms with Crippen LogP contribution in [0.3, 0.4) is 0 Å². The molecule has 1 unspecified atom stereocenters. The van der Waals surface area contributed by atoms with Crippen LogP contribution >= 0.6 is 0 Å². The Kier molecular flexibility index (Phi) is 4.89. The van der Waals surface area contributed by atoms with Crippen molar-refractivity contribution in [2.24, 2.45) is 0 Å². The molecule has 0 aliphatic carbocycles. The number of aromatic nitrogens is 2. The molecule has 26 heavy (non-hydrogen) atoms. The maximum Gasteiger partial charge on any atom is 0.331 e. The van der Waals surface area contributed by atoms with Gasteiger partial charge in [-0.25, -0.2) is 9.36 Å². The molecule has 1 aliphatic rings. The molecule has 0 fully saturated rings. The van der Waals surface area contributed by atoms with Gasteiger partial charge >= 0.3 is 5.69 Å². The molecule has 8 heteroatoms. The lowest BCUT2D eigenvalue weighted by Crippen LogP contribution is -2.45. The van der Waals surface area contributed by atoms with E-state index in [1.165, 1.54) is 10.8 Å². The Morgan fingerprint density at radius 1 is 1.38 bits per heavy atom. The fourth-order valence-corrected chi connectivity index (χ4v) is 2.97. The SMILES string of the molecule is CCn1cc(C#N)c(=O)n(CC(=O)NC2CCOc3ccccc32)c1=O. The monoisotopic (exact) mass is 354 g/mol. The van der Waals surface area contributed by atoms with E-state index in [2.05, 4.69) is 5.32 Å². The number of para-hydroxylation sites is 1. The van der Waals surface area contributed by atoms with Gasteiger partial charge in [0.05, 0.1) is 12.6 Å². The summed E-state index contributed by atoms with van der Waals surface area (Å²) in [6.07, 6.45) is 1.81. The first-order chi connectivity index (χ1) is 12.5. The molecule has 2 aromatic rings. The van der Waals surface area contributed by atoms with E-state index in [4.69, 9.17) is 10.00 Å². The molecule has 1 aromatic heterocycles. The van der Waals surface area contributed by atoms with Crippen LogP contribution in [0.5, 0.6) is 5.75 Å². The van der Waals surface area contributed by atoms with Crippen LogP contribution in [-0.4, -0.2) is 21.6 Å². The zero-order valence-electron chi connectivity index (χ0n) is 14.3. The number of amides is 1. The van der Waals surface area contributed by atoms with Crippen molar-refractivity contribution >= 4 is 5.91 Å². The number of fused-ring (bicyclic) bond motifs is 1. The van der Waals surface area contributed by atoms with Crippen LogP contribution in [0.1, 0.15) is 30.5 Å².